The molecule has 0 radical (unpaired) electrons. The Hall–Kier alpha value is -4.05. The molecule has 3 aromatic rings. The van der Waals surface area contributed by atoms with Gasteiger partial charge in [0.15, 0.2) is 11.5 Å². The highest BCUT2D eigenvalue weighted by atomic mass is 16.5. The van der Waals surface area contributed by atoms with Crippen molar-refractivity contribution in [3.63, 3.8) is 0 Å². The van der Waals surface area contributed by atoms with Crippen molar-refractivity contribution in [2.75, 3.05) is 14.2 Å². The quantitative estimate of drug-likeness (QED) is 0.297. The number of aromatic nitrogens is 2. The number of hydrogen-bond donors (Lipinski definition) is 0. The van der Waals surface area contributed by atoms with Crippen molar-refractivity contribution in [1.82, 2.24) is 9.78 Å². The molecule has 0 atom stereocenters. The van der Waals surface area contributed by atoms with Crippen LogP contribution in [0.15, 0.2) is 60.3 Å². The molecule has 164 valence electrons. The molecule has 0 aliphatic heterocycles. The van der Waals surface area contributed by atoms with Crippen LogP contribution < -0.4 is 9.47 Å². The Morgan fingerprint density at radius 1 is 1.12 bits per heavy atom. The minimum atomic E-state index is -0.670. The summed E-state index contributed by atoms with van der Waals surface area (Å²) >= 11 is 0. The summed E-state index contributed by atoms with van der Waals surface area (Å²) < 4.78 is 17.7. The van der Waals surface area contributed by atoms with E-state index >= 15 is 0 Å². The van der Waals surface area contributed by atoms with E-state index in [1.807, 2.05) is 48.5 Å². The average molecular weight is 431 g/mol. The summed E-state index contributed by atoms with van der Waals surface area (Å²) in [5.41, 5.74) is 2.96. The molecule has 0 amide bonds. The van der Waals surface area contributed by atoms with Gasteiger partial charge in [0.1, 0.15) is 11.6 Å². The molecule has 3 rings (SSSR count). The zero-order valence-electron chi connectivity index (χ0n) is 18.5. The van der Waals surface area contributed by atoms with E-state index in [0.717, 1.165) is 11.1 Å². The molecular weight excluding hydrogens is 406 g/mol. The van der Waals surface area contributed by atoms with Gasteiger partial charge in [-0.25, -0.2) is 4.79 Å². The fourth-order valence-corrected chi connectivity index (χ4v) is 3.17. The maximum Gasteiger partial charge on any atom is 0.349 e. The zero-order chi connectivity index (χ0) is 23.1. The van der Waals surface area contributed by atoms with Gasteiger partial charge in [0.25, 0.3) is 0 Å². The maximum absolute atomic E-state index is 12.3. The van der Waals surface area contributed by atoms with Crippen LogP contribution in [-0.2, 0) is 16.1 Å². The van der Waals surface area contributed by atoms with E-state index in [0.29, 0.717) is 29.3 Å². The van der Waals surface area contributed by atoms with Gasteiger partial charge >= 0.3 is 5.97 Å². The number of ether oxygens (including phenoxy) is 3. The third-order valence-corrected chi connectivity index (χ3v) is 4.62. The monoisotopic (exact) mass is 431 g/mol. The summed E-state index contributed by atoms with van der Waals surface area (Å²) in [7, 11) is 3.13. The maximum atomic E-state index is 12.3. The van der Waals surface area contributed by atoms with Crippen LogP contribution in [0, 0.1) is 11.3 Å². The molecule has 0 unspecified atom stereocenters. The van der Waals surface area contributed by atoms with Crippen molar-refractivity contribution in [3.8, 4) is 28.8 Å². The molecule has 0 bridgehead atoms. The largest absolute Gasteiger partial charge is 0.493 e. The van der Waals surface area contributed by atoms with Crippen LogP contribution in [0.4, 0.5) is 0 Å². The van der Waals surface area contributed by atoms with Gasteiger partial charge < -0.3 is 14.2 Å². The Labute approximate surface area is 187 Å². The smallest absolute Gasteiger partial charge is 0.349 e. The molecule has 0 N–H and O–H groups in total. The Bertz CT molecular complexity index is 1160. The van der Waals surface area contributed by atoms with Gasteiger partial charge in [-0.2, -0.15) is 10.4 Å². The number of methoxy groups -OCH3 is 2. The fraction of sp³-hybridized carbons (Fsp3) is 0.240. The molecule has 0 fully saturated rings. The summed E-state index contributed by atoms with van der Waals surface area (Å²) in [5, 5.41) is 14.3. The zero-order valence-corrected chi connectivity index (χ0v) is 18.5. The van der Waals surface area contributed by atoms with Gasteiger partial charge in [-0.05, 0) is 43.7 Å². The molecule has 1 heterocycles. The highest BCUT2D eigenvalue weighted by Gasteiger charge is 2.17. The lowest BCUT2D eigenvalue weighted by Gasteiger charge is -2.09. The van der Waals surface area contributed by atoms with Crippen LogP contribution in [0.25, 0.3) is 17.3 Å². The first-order chi connectivity index (χ1) is 15.4. The molecule has 2 aromatic carbocycles. The molecule has 0 saturated carbocycles. The minimum Gasteiger partial charge on any atom is -0.493 e. The first kappa shape index (κ1) is 22.6. The van der Waals surface area contributed by atoms with Crippen LogP contribution >= 0.6 is 0 Å². The number of hydrogen-bond acceptors (Lipinski definition) is 6. The van der Waals surface area contributed by atoms with Crippen LogP contribution in [0.3, 0.4) is 0 Å². The first-order valence-electron chi connectivity index (χ1n) is 10.1. The number of benzene rings is 2. The number of nitriles is 1. The average Bonchev–Trinajstić information content (AvgIpc) is 3.19. The molecular formula is C25H25N3O4. The van der Waals surface area contributed by atoms with Crippen molar-refractivity contribution in [2.45, 2.75) is 26.5 Å². The van der Waals surface area contributed by atoms with E-state index in [9.17, 15) is 10.1 Å². The van der Waals surface area contributed by atoms with Crippen LogP contribution in [0.5, 0.6) is 11.5 Å². The van der Waals surface area contributed by atoms with Gasteiger partial charge in [-0.1, -0.05) is 30.3 Å². The molecule has 0 aliphatic rings. The standard InChI is InChI=1S/C25H25N3O4/c1-17(2)32-25(29)20(14-26)12-21-16-28(15-18-8-6-5-7-9-18)27-24(21)19-10-11-22(30-3)23(13-19)31-4/h5-13,16-17H,15H2,1-4H3/b20-12-. The van der Waals surface area contributed by atoms with Crippen molar-refractivity contribution in [3.05, 3.63) is 71.4 Å². The molecule has 0 saturated heterocycles. The lowest BCUT2D eigenvalue weighted by atomic mass is 10.1. The van der Waals surface area contributed by atoms with Crippen molar-refractivity contribution in [2.24, 2.45) is 0 Å². The number of carbonyl (C=O) groups is 1. The molecule has 7 heteroatoms. The third kappa shape index (κ3) is 5.35. The molecule has 32 heavy (non-hydrogen) atoms. The summed E-state index contributed by atoms with van der Waals surface area (Å²) in [4.78, 5) is 12.3. The van der Waals surface area contributed by atoms with E-state index in [1.165, 1.54) is 6.08 Å². The summed E-state index contributed by atoms with van der Waals surface area (Å²) in [5.74, 6) is 0.476. The minimum absolute atomic E-state index is 0.0975. The molecule has 7 nitrogen and oxygen atoms in total. The lowest BCUT2D eigenvalue weighted by Crippen LogP contribution is -2.12. The van der Waals surface area contributed by atoms with Gasteiger partial charge in [-0.15, -0.1) is 0 Å². The Morgan fingerprint density at radius 2 is 1.84 bits per heavy atom. The van der Waals surface area contributed by atoms with E-state index < -0.39 is 5.97 Å². The highest BCUT2D eigenvalue weighted by Crippen LogP contribution is 2.33. The van der Waals surface area contributed by atoms with Crippen LogP contribution in [0.2, 0.25) is 0 Å². The van der Waals surface area contributed by atoms with Crippen LogP contribution in [-0.4, -0.2) is 36.1 Å². The molecule has 0 spiro atoms. The Kier molecular flexibility index (Phi) is 7.29. The SMILES string of the molecule is COc1ccc(-c2nn(Cc3ccccc3)cc2/C=C(/C#N)C(=O)OC(C)C)cc1OC. The normalized spacial score (nSPS) is 11.2. The van der Waals surface area contributed by atoms with E-state index in [1.54, 1.807) is 45.0 Å². The van der Waals surface area contributed by atoms with Crippen molar-refractivity contribution in [1.29, 1.82) is 5.26 Å². The second-order valence-corrected chi connectivity index (χ2v) is 7.31. The second-order valence-electron chi connectivity index (χ2n) is 7.31. The van der Waals surface area contributed by atoms with E-state index in [2.05, 4.69) is 0 Å². The highest BCUT2D eigenvalue weighted by molar-refractivity contribution is 5.98. The molecule has 0 aliphatic carbocycles. The summed E-state index contributed by atoms with van der Waals surface area (Å²) in [6.45, 7) is 4.01. The van der Waals surface area contributed by atoms with E-state index in [4.69, 9.17) is 19.3 Å². The number of rotatable bonds is 8. The number of esters is 1. The fourth-order valence-electron chi connectivity index (χ4n) is 3.17. The van der Waals surface area contributed by atoms with E-state index in [-0.39, 0.29) is 11.7 Å². The van der Waals surface area contributed by atoms with Crippen molar-refractivity contribution < 1.29 is 19.0 Å². The first-order valence-corrected chi connectivity index (χ1v) is 10.1. The third-order valence-electron chi connectivity index (χ3n) is 4.62. The number of carbonyl (C=O) groups excluding carboxylic acids is 1. The predicted molar refractivity (Wildman–Crippen MR) is 121 cm³/mol. The summed E-state index contributed by atoms with van der Waals surface area (Å²) in [6.07, 6.45) is 2.98. The van der Waals surface area contributed by atoms with Gasteiger partial charge in [0.2, 0.25) is 0 Å². The van der Waals surface area contributed by atoms with Gasteiger partial charge in [0.05, 0.1) is 32.6 Å². The molecule has 1 aromatic heterocycles. The number of nitrogens with zero attached hydrogens (tertiary/aromatic N) is 3. The lowest BCUT2D eigenvalue weighted by molar-refractivity contribution is -0.142. The van der Waals surface area contributed by atoms with Gasteiger partial charge in [-0.3, -0.25) is 4.68 Å². The topological polar surface area (TPSA) is 86.4 Å². The van der Waals surface area contributed by atoms with Crippen LogP contribution in [0.1, 0.15) is 25.0 Å². The predicted octanol–water partition coefficient (Wildman–Crippen LogP) is 4.47. The van der Waals surface area contributed by atoms with Crippen molar-refractivity contribution >= 4 is 12.0 Å². The summed E-state index contributed by atoms with van der Waals surface area (Å²) in [6, 6.07) is 17.3. The second kappa shape index (κ2) is 10.3. The van der Waals surface area contributed by atoms with Gasteiger partial charge in [0, 0.05) is 17.3 Å². The Balaban J connectivity index is 2.09. The Morgan fingerprint density at radius 3 is 2.47 bits per heavy atom.